The predicted octanol–water partition coefficient (Wildman–Crippen LogP) is 2.28. The van der Waals surface area contributed by atoms with Crippen molar-refractivity contribution in [2.24, 2.45) is 0 Å². The Bertz CT molecular complexity index is 554. The van der Waals surface area contributed by atoms with E-state index in [1.165, 1.54) is 6.92 Å². The van der Waals surface area contributed by atoms with Crippen LogP contribution in [0.5, 0.6) is 0 Å². The summed E-state index contributed by atoms with van der Waals surface area (Å²) in [5.74, 6) is -0.230. The minimum Gasteiger partial charge on any atom is -0.298 e. The molecule has 0 aliphatic heterocycles. The molecular weight excluding hydrogens is 236 g/mol. The van der Waals surface area contributed by atoms with E-state index in [2.05, 4.69) is 0 Å². The summed E-state index contributed by atoms with van der Waals surface area (Å²) in [5.41, 5.74) is 0.708. The van der Waals surface area contributed by atoms with Crippen molar-refractivity contribution in [3.05, 3.63) is 29.8 Å². The zero-order chi connectivity index (χ0) is 12.7. The highest BCUT2D eigenvalue weighted by Gasteiger charge is 2.53. The third kappa shape index (κ3) is 1.62. The van der Waals surface area contributed by atoms with Gasteiger partial charge in [-0.2, -0.15) is 0 Å². The Hall–Kier alpha value is -1.16. The van der Waals surface area contributed by atoms with Crippen LogP contribution in [0.1, 0.15) is 31.7 Å². The lowest BCUT2D eigenvalue weighted by Gasteiger charge is -2.38. The normalized spacial score (nSPS) is 18.5. The average molecular weight is 252 g/mol. The van der Waals surface area contributed by atoms with Crippen LogP contribution in [0.3, 0.4) is 0 Å². The van der Waals surface area contributed by atoms with Crippen LogP contribution >= 0.6 is 0 Å². The molecule has 1 saturated carbocycles. The molecule has 0 heterocycles. The van der Waals surface area contributed by atoms with Crippen LogP contribution in [0, 0.1) is 6.92 Å². The Morgan fingerprint density at radius 2 is 1.82 bits per heavy atom. The number of benzene rings is 1. The van der Waals surface area contributed by atoms with E-state index in [9.17, 15) is 13.2 Å². The minimum atomic E-state index is -3.54. The maximum Gasteiger partial charge on any atom is 0.191 e. The second kappa shape index (κ2) is 3.95. The first kappa shape index (κ1) is 12.3. The van der Waals surface area contributed by atoms with Gasteiger partial charge in [-0.1, -0.05) is 18.2 Å². The number of aryl methyl sites for hydroxylation is 1. The SMILES string of the molecule is CC(=O)C1(S(=O)(=O)c2ccccc2C)CCC1. The van der Waals surface area contributed by atoms with Gasteiger partial charge in [0.05, 0.1) is 4.90 Å². The first-order valence-electron chi connectivity index (χ1n) is 5.73. The lowest BCUT2D eigenvalue weighted by Crippen LogP contribution is -2.51. The van der Waals surface area contributed by atoms with Crippen molar-refractivity contribution in [2.75, 3.05) is 0 Å². The second-order valence-corrected chi connectivity index (χ2v) is 6.90. The molecule has 1 aromatic rings. The Morgan fingerprint density at radius 3 is 2.24 bits per heavy atom. The maximum atomic E-state index is 12.6. The molecule has 0 bridgehead atoms. The molecule has 1 aromatic carbocycles. The van der Waals surface area contributed by atoms with E-state index < -0.39 is 14.6 Å². The summed E-state index contributed by atoms with van der Waals surface area (Å²) in [6.45, 7) is 3.15. The van der Waals surface area contributed by atoms with Gasteiger partial charge in [0.2, 0.25) is 0 Å². The van der Waals surface area contributed by atoms with Gasteiger partial charge in [0.15, 0.2) is 15.6 Å². The number of hydrogen-bond acceptors (Lipinski definition) is 3. The lowest BCUT2D eigenvalue weighted by molar-refractivity contribution is -0.121. The third-order valence-corrected chi connectivity index (χ3v) is 6.46. The molecule has 92 valence electrons. The highest BCUT2D eigenvalue weighted by molar-refractivity contribution is 7.93. The fourth-order valence-corrected chi connectivity index (χ4v) is 4.75. The molecule has 0 spiro atoms. The van der Waals surface area contributed by atoms with Crippen LogP contribution in [0.15, 0.2) is 29.2 Å². The topological polar surface area (TPSA) is 51.2 Å². The van der Waals surface area contributed by atoms with Crippen molar-refractivity contribution in [3.63, 3.8) is 0 Å². The maximum absolute atomic E-state index is 12.6. The minimum absolute atomic E-state index is 0.230. The molecule has 0 radical (unpaired) electrons. The number of rotatable bonds is 3. The zero-order valence-electron chi connectivity index (χ0n) is 10.1. The van der Waals surface area contributed by atoms with Crippen molar-refractivity contribution in [1.82, 2.24) is 0 Å². The Kier molecular flexibility index (Phi) is 2.86. The van der Waals surface area contributed by atoms with Crippen molar-refractivity contribution >= 4 is 15.6 Å². The van der Waals surface area contributed by atoms with Gasteiger partial charge in [0.25, 0.3) is 0 Å². The monoisotopic (exact) mass is 252 g/mol. The number of carbonyl (C=O) groups excluding carboxylic acids is 1. The smallest absolute Gasteiger partial charge is 0.191 e. The first-order chi connectivity index (χ1) is 7.92. The molecule has 2 rings (SSSR count). The number of carbonyl (C=O) groups is 1. The standard InChI is InChI=1S/C13H16O3S/c1-10-6-3-4-7-12(10)17(15,16)13(11(2)14)8-5-9-13/h3-4,6-7H,5,8-9H2,1-2H3. The fourth-order valence-electron chi connectivity index (χ4n) is 2.38. The molecule has 0 saturated heterocycles. The number of ketones is 1. The molecule has 0 amide bonds. The van der Waals surface area contributed by atoms with E-state index in [-0.39, 0.29) is 5.78 Å². The molecule has 0 unspecified atom stereocenters. The van der Waals surface area contributed by atoms with Crippen molar-refractivity contribution in [1.29, 1.82) is 0 Å². The van der Waals surface area contributed by atoms with Crippen molar-refractivity contribution < 1.29 is 13.2 Å². The Labute approximate surface area is 102 Å². The van der Waals surface area contributed by atoms with E-state index >= 15 is 0 Å². The summed E-state index contributed by atoms with van der Waals surface area (Å²) in [6.07, 6.45) is 1.72. The van der Waals surface area contributed by atoms with E-state index in [0.29, 0.717) is 23.3 Å². The number of sulfone groups is 1. The summed E-state index contributed by atoms with van der Waals surface area (Å²) < 4.78 is 24.0. The van der Waals surface area contributed by atoms with Gasteiger partial charge in [0.1, 0.15) is 4.75 Å². The van der Waals surface area contributed by atoms with E-state index in [4.69, 9.17) is 0 Å². The highest BCUT2D eigenvalue weighted by atomic mass is 32.2. The molecule has 0 aromatic heterocycles. The van der Waals surface area contributed by atoms with E-state index in [0.717, 1.165) is 6.42 Å². The summed E-state index contributed by atoms with van der Waals surface area (Å²) in [6, 6.07) is 6.86. The first-order valence-corrected chi connectivity index (χ1v) is 7.21. The van der Waals surface area contributed by atoms with E-state index in [1.54, 1.807) is 31.2 Å². The largest absolute Gasteiger partial charge is 0.298 e. The Morgan fingerprint density at radius 1 is 1.24 bits per heavy atom. The summed E-state index contributed by atoms with van der Waals surface area (Å²) in [7, 11) is -3.54. The lowest BCUT2D eigenvalue weighted by atomic mass is 9.81. The molecule has 0 atom stereocenters. The van der Waals surface area contributed by atoms with Crippen LogP contribution in [-0.2, 0) is 14.6 Å². The van der Waals surface area contributed by atoms with Crippen LogP contribution in [-0.4, -0.2) is 18.9 Å². The zero-order valence-corrected chi connectivity index (χ0v) is 10.9. The van der Waals surface area contributed by atoms with Gasteiger partial charge < -0.3 is 0 Å². The van der Waals surface area contributed by atoms with Gasteiger partial charge in [-0.05, 0) is 44.7 Å². The van der Waals surface area contributed by atoms with Crippen LogP contribution in [0.4, 0.5) is 0 Å². The molecule has 1 fully saturated rings. The number of Topliss-reactive ketones (excluding diaryl/α,β-unsaturated/α-hetero) is 1. The van der Waals surface area contributed by atoms with Crippen LogP contribution in [0.25, 0.3) is 0 Å². The van der Waals surface area contributed by atoms with Gasteiger partial charge in [0, 0.05) is 0 Å². The highest BCUT2D eigenvalue weighted by Crippen LogP contribution is 2.44. The molecule has 1 aliphatic carbocycles. The van der Waals surface area contributed by atoms with Crippen LogP contribution in [0.2, 0.25) is 0 Å². The molecular formula is C13H16O3S. The molecule has 4 heteroatoms. The van der Waals surface area contributed by atoms with Crippen LogP contribution < -0.4 is 0 Å². The third-order valence-electron chi connectivity index (χ3n) is 3.70. The molecule has 1 aliphatic rings. The molecule has 0 N–H and O–H groups in total. The van der Waals surface area contributed by atoms with Crippen molar-refractivity contribution in [2.45, 2.75) is 42.8 Å². The number of hydrogen-bond donors (Lipinski definition) is 0. The van der Waals surface area contributed by atoms with Gasteiger partial charge >= 0.3 is 0 Å². The summed E-state index contributed by atoms with van der Waals surface area (Å²) in [5, 5.41) is 0. The van der Waals surface area contributed by atoms with Crippen molar-refractivity contribution in [3.8, 4) is 0 Å². The van der Waals surface area contributed by atoms with E-state index in [1.807, 2.05) is 0 Å². The molecule has 3 nitrogen and oxygen atoms in total. The van der Waals surface area contributed by atoms with Gasteiger partial charge in [-0.25, -0.2) is 8.42 Å². The fraction of sp³-hybridized carbons (Fsp3) is 0.462. The Balaban J connectivity index is 2.58. The average Bonchev–Trinajstić information content (AvgIpc) is 2.14. The predicted molar refractivity (Wildman–Crippen MR) is 65.6 cm³/mol. The quantitative estimate of drug-likeness (QED) is 0.829. The summed E-state index contributed by atoms with van der Waals surface area (Å²) >= 11 is 0. The molecule has 17 heavy (non-hydrogen) atoms. The van der Waals surface area contributed by atoms with Gasteiger partial charge in [-0.3, -0.25) is 4.79 Å². The second-order valence-electron chi connectivity index (χ2n) is 4.67. The van der Waals surface area contributed by atoms with Gasteiger partial charge in [-0.15, -0.1) is 0 Å². The summed E-state index contributed by atoms with van der Waals surface area (Å²) in [4.78, 5) is 12.0.